The van der Waals surface area contributed by atoms with Crippen molar-refractivity contribution in [1.82, 2.24) is 9.78 Å². The average molecular weight is 243 g/mol. The van der Waals surface area contributed by atoms with Crippen LogP contribution in [0.2, 0.25) is 0 Å². The molecule has 0 saturated heterocycles. The fourth-order valence-corrected chi connectivity index (χ4v) is 1.56. The minimum atomic E-state index is 0.100. The van der Waals surface area contributed by atoms with Crippen LogP contribution < -0.4 is 0 Å². The minimum Gasteiger partial charge on any atom is -0.275 e. The summed E-state index contributed by atoms with van der Waals surface area (Å²) in [4.78, 5) is 1.86. The summed E-state index contributed by atoms with van der Waals surface area (Å²) in [5, 5.41) is 4.45. The lowest BCUT2D eigenvalue weighted by Gasteiger charge is -2.16. The Labute approximate surface area is 87.8 Å². The van der Waals surface area contributed by atoms with Crippen LogP contribution in [0.15, 0.2) is 11.2 Å². The highest BCUT2D eigenvalue weighted by atomic mass is 79.9. The van der Waals surface area contributed by atoms with Crippen LogP contribution in [0.1, 0.15) is 32.0 Å². The number of hydrogen-bond donors (Lipinski definition) is 0. The molecule has 2 nitrogen and oxygen atoms in total. The van der Waals surface area contributed by atoms with Crippen LogP contribution in [-0.4, -0.2) is 9.78 Å². The molecule has 0 radical (unpaired) electrons. The molecule has 0 amide bonds. The lowest BCUT2D eigenvalue weighted by atomic mass is 9.90. The number of hydrogen-bond acceptors (Lipinski definition) is 1. The Hall–Kier alpha value is -0.570. The van der Waals surface area contributed by atoms with Gasteiger partial charge in [0, 0.05) is 24.2 Å². The molecule has 3 heteroatoms. The number of nitrogens with zero attached hydrogens (tertiary/aromatic N) is 2. The summed E-state index contributed by atoms with van der Waals surface area (Å²) in [6.45, 7) is 6.50. The summed E-state index contributed by atoms with van der Waals surface area (Å²) in [6.07, 6.45) is 4.05. The summed E-state index contributed by atoms with van der Waals surface area (Å²) in [5.41, 5.74) is 2.40. The van der Waals surface area contributed by atoms with Gasteiger partial charge in [-0.15, -0.1) is 0 Å². The summed E-state index contributed by atoms with van der Waals surface area (Å²) >= 11 is 3.28. The second-order valence-corrected chi connectivity index (χ2v) is 4.68. The van der Waals surface area contributed by atoms with E-state index in [2.05, 4.69) is 41.8 Å². The van der Waals surface area contributed by atoms with E-state index in [-0.39, 0.29) is 5.41 Å². The van der Waals surface area contributed by atoms with E-state index in [9.17, 15) is 0 Å². The first-order valence-electron chi connectivity index (χ1n) is 4.26. The first-order chi connectivity index (χ1) is 5.95. The Morgan fingerprint density at radius 2 is 2.08 bits per heavy atom. The normalized spacial score (nSPS) is 12.7. The highest BCUT2D eigenvalue weighted by Crippen LogP contribution is 2.25. The number of rotatable bonds is 1. The van der Waals surface area contributed by atoms with E-state index in [0.717, 1.165) is 5.69 Å². The quantitative estimate of drug-likeness (QED) is 0.741. The maximum absolute atomic E-state index is 4.45. The van der Waals surface area contributed by atoms with Crippen LogP contribution in [0.4, 0.5) is 0 Å². The van der Waals surface area contributed by atoms with Gasteiger partial charge < -0.3 is 0 Å². The van der Waals surface area contributed by atoms with Crippen LogP contribution in [0, 0.1) is 0 Å². The molecule has 0 fully saturated rings. The van der Waals surface area contributed by atoms with Gasteiger partial charge >= 0.3 is 0 Å². The zero-order valence-electron chi connectivity index (χ0n) is 8.50. The predicted molar refractivity (Wildman–Crippen MR) is 59.9 cm³/mol. The van der Waals surface area contributed by atoms with Crippen molar-refractivity contribution in [3.8, 4) is 0 Å². The SMILES string of the molecule is Cn1cc(/C=C/Br)c(C(C)(C)C)n1. The molecular weight excluding hydrogens is 228 g/mol. The number of aryl methyl sites for hydroxylation is 1. The molecule has 72 valence electrons. The van der Waals surface area contributed by atoms with Crippen molar-refractivity contribution in [2.45, 2.75) is 26.2 Å². The first-order valence-corrected chi connectivity index (χ1v) is 5.17. The van der Waals surface area contributed by atoms with Crippen molar-refractivity contribution in [1.29, 1.82) is 0 Å². The van der Waals surface area contributed by atoms with Crippen molar-refractivity contribution in [3.63, 3.8) is 0 Å². The van der Waals surface area contributed by atoms with Crippen molar-refractivity contribution in [3.05, 3.63) is 22.4 Å². The highest BCUT2D eigenvalue weighted by molar-refractivity contribution is 9.11. The molecule has 0 aliphatic heterocycles. The van der Waals surface area contributed by atoms with Crippen molar-refractivity contribution in [2.75, 3.05) is 0 Å². The van der Waals surface area contributed by atoms with E-state index in [0.29, 0.717) is 0 Å². The molecule has 0 unspecified atom stereocenters. The van der Waals surface area contributed by atoms with Gasteiger partial charge in [-0.05, 0) is 11.1 Å². The second kappa shape index (κ2) is 3.66. The van der Waals surface area contributed by atoms with E-state index >= 15 is 0 Å². The summed E-state index contributed by atoms with van der Waals surface area (Å²) < 4.78 is 1.85. The molecule has 0 bridgehead atoms. The molecule has 0 aliphatic rings. The molecule has 1 rings (SSSR count). The van der Waals surface area contributed by atoms with Crippen LogP contribution >= 0.6 is 15.9 Å². The Kier molecular flexibility index (Phi) is 2.96. The van der Waals surface area contributed by atoms with Crippen molar-refractivity contribution < 1.29 is 0 Å². The van der Waals surface area contributed by atoms with Gasteiger partial charge in [0.25, 0.3) is 0 Å². The van der Waals surface area contributed by atoms with E-state index < -0.39 is 0 Å². The van der Waals surface area contributed by atoms with Gasteiger partial charge in [-0.1, -0.05) is 36.7 Å². The van der Waals surface area contributed by atoms with E-state index in [1.807, 2.05) is 29.0 Å². The number of halogens is 1. The molecule has 1 aromatic heterocycles. The minimum absolute atomic E-state index is 0.100. The smallest absolute Gasteiger partial charge is 0.0750 e. The van der Waals surface area contributed by atoms with Gasteiger partial charge in [0.2, 0.25) is 0 Å². The number of aromatic nitrogens is 2. The third-order valence-corrected chi connectivity index (χ3v) is 2.07. The van der Waals surface area contributed by atoms with Crippen molar-refractivity contribution >= 4 is 22.0 Å². The molecular formula is C10H15BrN2. The molecule has 13 heavy (non-hydrogen) atoms. The summed E-state index contributed by atoms with van der Waals surface area (Å²) in [6, 6.07) is 0. The molecule has 0 aliphatic carbocycles. The van der Waals surface area contributed by atoms with Gasteiger partial charge in [0.1, 0.15) is 0 Å². The Morgan fingerprint density at radius 1 is 1.46 bits per heavy atom. The van der Waals surface area contributed by atoms with Crippen molar-refractivity contribution in [2.24, 2.45) is 7.05 Å². The second-order valence-electron chi connectivity index (χ2n) is 4.15. The lowest BCUT2D eigenvalue weighted by Crippen LogP contribution is -2.13. The zero-order valence-corrected chi connectivity index (χ0v) is 10.1. The lowest BCUT2D eigenvalue weighted by molar-refractivity contribution is 0.552. The van der Waals surface area contributed by atoms with Gasteiger partial charge in [0.15, 0.2) is 0 Å². The highest BCUT2D eigenvalue weighted by Gasteiger charge is 2.20. The molecule has 0 N–H and O–H groups in total. The molecule has 0 spiro atoms. The van der Waals surface area contributed by atoms with E-state index in [4.69, 9.17) is 0 Å². The van der Waals surface area contributed by atoms with Gasteiger partial charge in [-0.2, -0.15) is 5.10 Å². The summed E-state index contributed by atoms with van der Waals surface area (Å²) in [7, 11) is 1.95. The zero-order chi connectivity index (χ0) is 10.1. The van der Waals surface area contributed by atoms with Crippen LogP contribution in [0.5, 0.6) is 0 Å². The Balaban J connectivity index is 3.19. The molecule has 1 aromatic rings. The van der Waals surface area contributed by atoms with Gasteiger partial charge in [0.05, 0.1) is 5.69 Å². The average Bonchev–Trinajstić information content (AvgIpc) is 2.30. The molecule has 0 saturated carbocycles. The van der Waals surface area contributed by atoms with E-state index in [1.54, 1.807) is 0 Å². The van der Waals surface area contributed by atoms with Crippen LogP contribution in [0.3, 0.4) is 0 Å². The summed E-state index contributed by atoms with van der Waals surface area (Å²) in [5.74, 6) is 0. The standard InChI is InChI=1S/C10H15BrN2/c1-10(2,3)9-8(5-6-11)7-13(4)12-9/h5-7H,1-4H3/b6-5+. The fourth-order valence-electron chi connectivity index (χ4n) is 1.28. The fraction of sp³-hybridized carbons (Fsp3) is 0.500. The van der Waals surface area contributed by atoms with E-state index in [1.165, 1.54) is 5.56 Å². The maximum Gasteiger partial charge on any atom is 0.0750 e. The monoisotopic (exact) mass is 242 g/mol. The Morgan fingerprint density at radius 3 is 2.54 bits per heavy atom. The van der Waals surface area contributed by atoms with Gasteiger partial charge in [-0.25, -0.2) is 0 Å². The third-order valence-electron chi connectivity index (χ3n) is 1.81. The van der Waals surface area contributed by atoms with Gasteiger partial charge in [-0.3, -0.25) is 4.68 Å². The van der Waals surface area contributed by atoms with Crippen LogP contribution in [0.25, 0.3) is 6.08 Å². The van der Waals surface area contributed by atoms with Crippen LogP contribution in [-0.2, 0) is 12.5 Å². The molecule has 0 atom stereocenters. The topological polar surface area (TPSA) is 17.8 Å². The predicted octanol–water partition coefficient (Wildman–Crippen LogP) is 3.08. The third kappa shape index (κ3) is 2.44. The first kappa shape index (κ1) is 10.5. The largest absolute Gasteiger partial charge is 0.275 e. The molecule has 1 heterocycles. The molecule has 0 aromatic carbocycles. The Bertz CT molecular complexity index is 318. The maximum atomic E-state index is 4.45.